The Morgan fingerprint density at radius 2 is 1.89 bits per heavy atom. The molecule has 2 aliphatic heterocycles. The highest BCUT2D eigenvalue weighted by molar-refractivity contribution is 7.82. The number of anilines is 1. The summed E-state index contributed by atoms with van der Waals surface area (Å²) in [6.45, 7) is 7.27. The molecule has 9 heteroatoms. The van der Waals surface area contributed by atoms with Crippen LogP contribution in [-0.4, -0.2) is 55.5 Å². The third kappa shape index (κ3) is 4.97. The van der Waals surface area contributed by atoms with Gasteiger partial charge in [-0.05, 0) is 57.6 Å². The molecule has 2 atom stereocenters. The van der Waals surface area contributed by atoms with E-state index in [-0.39, 0.29) is 11.9 Å². The van der Waals surface area contributed by atoms with Gasteiger partial charge in [-0.2, -0.15) is 5.10 Å². The summed E-state index contributed by atoms with van der Waals surface area (Å²) in [5.74, 6) is 1.05. The molecule has 4 heterocycles. The van der Waals surface area contributed by atoms with E-state index in [1.54, 1.807) is 6.26 Å². The number of aromatic nitrogens is 3. The molecule has 0 spiro atoms. The first-order valence-corrected chi connectivity index (χ1v) is 14.1. The van der Waals surface area contributed by atoms with Crippen LogP contribution in [0.25, 0.3) is 5.65 Å². The monoisotopic (exact) mass is 494 g/mol. The summed E-state index contributed by atoms with van der Waals surface area (Å²) in [5, 5.41) is 4.88. The number of piperidine rings is 1. The number of nitrogens with one attached hydrogen (secondary N) is 1. The van der Waals surface area contributed by atoms with E-state index in [1.165, 1.54) is 12.8 Å². The van der Waals surface area contributed by atoms with Crippen molar-refractivity contribution in [1.29, 1.82) is 0 Å². The normalized spacial score (nSPS) is 19.5. The Labute approximate surface area is 209 Å². The zero-order valence-electron chi connectivity index (χ0n) is 20.8. The van der Waals surface area contributed by atoms with Gasteiger partial charge in [0.2, 0.25) is 0 Å². The van der Waals surface area contributed by atoms with Crippen LogP contribution in [0.3, 0.4) is 0 Å². The second kappa shape index (κ2) is 10.1. The van der Waals surface area contributed by atoms with Gasteiger partial charge in [-0.15, -0.1) is 0 Å². The maximum absolute atomic E-state index is 13.9. The van der Waals surface area contributed by atoms with E-state index in [9.17, 15) is 9.00 Å². The summed E-state index contributed by atoms with van der Waals surface area (Å²) in [7, 11) is -1.15. The molecular weight excluding hydrogens is 460 g/mol. The van der Waals surface area contributed by atoms with Gasteiger partial charge in [0, 0.05) is 55.8 Å². The number of benzene rings is 1. The fraction of sp³-hybridized carbons (Fsp3) is 0.500. The lowest BCUT2D eigenvalue weighted by Crippen LogP contribution is -2.39. The van der Waals surface area contributed by atoms with Crippen LogP contribution in [0.1, 0.15) is 70.9 Å². The van der Waals surface area contributed by atoms with E-state index in [2.05, 4.69) is 22.7 Å². The molecule has 5 rings (SSSR count). The first kappa shape index (κ1) is 23.9. The molecule has 1 amide bonds. The molecule has 2 fully saturated rings. The summed E-state index contributed by atoms with van der Waals surface area (Å²) >= 11 is 0. The molecule has 1 aromatic carbocycles. The van der Waals surface area contributed by atoms with Gasteiger partial charge >= 0.3 is 0 Å². The second-order valence-corrected chi connectivity index (χ2v) is 11.0. The van der Waals surface area contributed by atoms with Crippen molar-refractivity contribution in [2.75, 3.05) is 30.8 Å². The zero-order chi connectivity index (χ0) is 24.5. The lowest BCUT2D eigenvalue weighted by atomic mass is 9.96. The van der Waals surface area contributed by atoms with Gasteiger partial charge in [-0.25, -0.2) is 18.4 Å². The van der Waals surface area contributed by atoms with Crippen LogP contribution in [0.4, 0.5) is 5.82 Å². The predicted octanol–water partition coefficient (Wildman–Crippen LogP) is 3.70. The van der Waals surface area contributed by atoms with Crippen LogP contribution in [0, 0.1) is 13.8 Å². The molecule has 0 radical (unpaired) electrons. The number of carbonyl (C=O) groups excluding carboxylic acids is 1. The van der Waals surface area contributed by atoms with E-state index in [0.29, 0.717) is 18.7 Å². The average Bonchev–Trinajstić information content (AvgIpc) is 3.52. The molecule has 2 saturated heterocycles. The van der Waals surface area contributed by atoms with Crippen molar-refractivity contribution in [2.24, 2.45) is 0 Å². The molecule has 0 saturated carbocycles. The van der Waals surface area contributed by atoms with Gasteiger partial charge < -0.3 is 9.80 Å². The molecule has 35 heavy (non-hydrogen) atoms. The van der Waals surface area contributed by atoms with Crippen LogP contribution in [-0.2, 0) is 17.5 Å². The molecule has 1 N–H and O–H groups in total. The molecule has 8 nitrogen and oxygen atoms in total. The average molecular weight is 495 g/mol. The summed E-state index contributed by atoms with van der Waals surface area (Å²) in [6.07, 6.45) is 9.00. The van der Waals surface area contributed by atoms with Crippen LogP contribution >= 0.6 is 0 Å². The Morgan fingerprint density at radius 3 is 2.66 bits per heavy atom. The van der Waals surface area contributed by atoms with Crippen molar-refractivity contribution in [1.82, 2.24) is 24.2 Å². The highest BCUT2D eigenvalue weighted by Crippen LogP contribution is 2.33. The molecule has 0 bridgehead atoms. The standard InChI is InChI=1S/C26H34N6O2S/c1-18-9-10-20(16-27-35(3)34)21(14-18)26(33)31-13-5-4-8-23(31)22-15-24-28-25(30-11-6-7-12-30)19(2)17-32(24)29-22/h9-10,14-15,17,23,27H,4-8,11-13,16H2,1-3H3. The molecule has 2 aliphatic rings. The van der Waals surface area contributed by atoms with E-state index in [4.69, 9.17) is 10.1 Å². The SMILES string of the molecule is Cc1ccc(CNS(C)=O)c(C(=O)N2CCCCC2c2cc3nc(N4CCCC4)c(C)cn3n2)c1. The minimum atomic E-state index is -1.15. The third-order valence-corrected chi connectivity index (χ3v) is 7.65. The van der Waals surface area contributed by atoms with Gasteiger partial charge in [-0.1, -0.05) is 17.7 Å². The van der Waals surface area contributed by atoms with E-state index in [0.717, 1.165) is 66.2 Å². The van der Waals surface area contributed by atoms with Gasteiger partial charge in [0.1, 0.15) is 5.82 Å². The summed E-state index contributed by atoms with van der Waals surface area (Å²) in [4.78, 5) is 23.1. The van der Waals surface area contributed by atoms with E-state index in [1.807, 2.05) is 40.6 Å². The lowest BCUT2D eigenvalue weighted by Gasteiger charge is -2.35. The predicted molar refractivity (Wildman–Crippen MR) is 139 cm³/mol. The van der Waals surface area contributed by atoms with Crippen molar-refractivity contribution < 1.29 is 9.00 Å². The summed E-state index contributed by atoms with van der Waals surface area (Å²) < 4.78 is 16.4. The minimum Gasteiger partial charge on any atom is -0.356 e. The summed E-state index contributed by atoms with van der Waals surface area (Å²) in [5.41, 5.74) is 5.41. The van der Waals surface area contributed by atoms with E-state index >= 15 is 0 Å². The Morgan fingerprint density at radius 1 is 1.11 bits per heavy atom. The number of aryl methyl sites for hydroxylation is 2. The fourth-order valence-electron chi connectivity index (χ4n) is 5.29. The topological polar surface area (TPSA) is 82.8 Å². The molecule has 3 aromatic rings. The number of fused-ring (bicyclic) bond motifs is 1. The van der Waals surface area contributed by atoms with Crippen molar-refractivity contribution in [3.8, 4) is 0 Å². The van der Waals surface area contributed by atoms with E-state index < -0.39 is 11.0 Å². The van der Waals surface area contributed by atoms with Crippen LogP contribution in [0.15, 0.2) is 30.5 Å². The number of nitrogens with zero attached hydrogens (tertiary/aromatic N) is 5. The maximum atomic E-state index is 13.9. The van der Waals surface area contributed by atoms with Gasteiger partial charge in [0.25, 0.3) is 5.91 Å². The van der Waals surface area contributed by atoms with Crippen LogP contribution < -0.4 is 9.62 Å². The van der Waals surface area contributed by atoms with Gasteiger partial charge in [0.15, 0.2) is 5.65 Å². The number of amides is 1. The molecule has 2 unspecified atom stereocenters. The van der Waals surface area contributed by atoms with Gasteiger partial charge in [0.05, 0.1) is 22.7 Å². The zero-order valence-corrected chi connectivity index (χ0v) is 21.6. The van der Waals surface area contributed by atoms with Crippen molar-refractivity contribution in [3.05, 3.63) is 58.4 Å². The first-order valence-electron chi connectivity index (χ1n) is 12.5. The Kier molecular flexibility index (Phi) is 6.88. The molecule has 0 aliphatic carbocycles. The smallest absolute Gasteiger partial charge is 0.254 e. The molecule has 186 valence electrons. The van der Waals surface area contributed by atoms with Crippen LogP contribution in [0.2, 0.25) is 0 Å². The number of hydrogen-bond acceptors (Lipinski definition) is 5. The third-order valence-electron chi connectivity index (χ3n) is 7.10. The van der Waals surface area contributed by atoms with Crippen molar-refractivity contribution in [2.45, 2.75) is 58.5 Å². The van der Waals surface area contributed by atoms with Crippen LogP contribution in [0.5, 0.6) is 0 Å². The highest BCUT2D eigenvalue weighted by atomic mass is 32.2. The molecular formula is C26H34N6O2S. The maximum Gasteiger partial charge on any atom is 0.254 e. The van der Waals surface area contributed by atoms with Crippen molar-refractivity contribution >= 4 is 28.4 Å². The quantitative estimate of drug-likeness (QED) is 0.565. The fourth-order valence-corrected chi connectivity index (χ4v) is 5.65. The Balaban J connectivity index is 1.47. The van der Waals surface area contributed by atoms with Crippen molar-refractivity contribution in [3.63, 3.8) is 0 Å². The lowest BCUT2D eigenvalue weighted by molar-refractivity contribution is 0.0604. The minimum absolute atomic E-state index is 0.0102. The number of carbonyl (C=O) groups is 1. The molecule has 2 aromatic heterocycles. The Bertz CT molecular complexity index is 1270. The largest absolute Gasteiger partial charge is 0.356 e. The number of likely N-dealkylation sites (tertiary alicyclic amines) is 1. The highest BCUT2D eigenvalue weighted by Gasteiger charge is 2.32. The number of rotatable bonds is 6. The first-order chi connectivity index (χ1) is 16.9. The van der Waals surface area contributed by atoms with Gasteiger partial charge in [-0.3, -0.25) is 4.79 Å². The number of hydrogen-bond donors (Lipinski definition) is 1. The Hall–Kier alpha value is -2.78. The summed E-state index contributed by atoms with van der Waals surface area (Å²) in [6, 6.07) is 7.86. The second-order valence-electron chi connectivity index (χ2n) is 9.76.